The van der Waals surface area contributed by atoms with Gasteiger partial charge in [-0.2, -0.15) is 0 Å². The summed E-state index contributed by atoms with van der Waals surface area (Å²) in [7, 11) is 0. The summed E-state index contributed by atoms with van der Waals surface area (Å²) in [5.74, 6) is -0.281. The summed E-state index contributed by atoms with van der Waals surface area (Å²) in [5.41, 5.74) is 2.81. The number of hydrogen-bond acceptors (Lipinski definition) is 3. The summed E-state index contributed by atoms with van der Waals surface area (Å²) in [6, 6.07) is 12.8. The van der Waals surface area contributed by atoms with E-state index in [9.17, 15) is 9.90 Å². The molecule has 0 aromatic heterocycles. The summed E-state index contributed by atoms with van der Waals surface area (Å²) in [6.45, 7) is 3.41. The average Bonchev–Trinajstić information content (AvgIpc) is 2.64. The molecule has 1 N–H and O–H groups in total. The molecule has 0 radical (unpaired) electrons. The van der Waals surface area contributed by atoms with Gasteiger partial charge in [-0.05, 0) is 35.7 Å². The van der Waals surface area contributed by atoms with Gasteiger partial charge >= 0.3 is 0 Å². The molecule has 138 valence electrons. The van der Waals surface area contributed by atoms with Gasteiger partial charge in [-0.1, -0.05) is 57.9 Å². The average molecular weight is 439 g/mol. The summed E-state index contributed by atoms with van der Waals surface area (Å²) < 4.78 is 6.80. The second kappa shape index (κ2) is 8.53. The Morgan fingerprint density at radius 1 is 1.38 bits per heavy atom. The number of nitrogens with zero attached hydrogens (tertiary/aromatic N) is 1. The van der Waals surface area contributed by atoms with Crippen LogP contribution in [-0.2, 0) is 16.0 Å². The van der Waals surface area contributed by atoms with E-state index in [0.717, 1.165) is 15.6 Å². The summed E-state index contributed by atoms with van der Waals surface area (Å²) in [5, 5.41) is 11.1. The number of morpholine rings is 1. The highest BCUT2D eigenvalue weighted by Gasteiger charge is 2.29. The van der Waals surface area contributed by atoms with Crippen molar-refractivity contribution in [1.82, 2.24) is 4.90 Å². The third kappa shape index (κ3) is 4.46. The molecule has 1 aliphatic rings. The van der Waals surface area contributed by atoms with Crippen molar-refractivity contribution in [3.8, 4) is 0 Å². The van der Waals surface area contributed by atoms with Crippen molar-refractivity contribution < 1.29 is 14.6 Å². The lowest BCUT2D eigenvalue weighted by molar-refractivity contribution is -0.148. The monoisotopic (exact) mass is 437 g/mol. The van der Waals surface area contributed by atoms with Crippen LogP contribution in [0.3, 0.4) is 0 Å². The van der Waals surface area contributed by atoms with Gasteiger partial charge < -0.3 is 14.7 Å². The highest BCUT2D eigenvalue weighted by atomic mass is 79.9. The second-order valence-corrected chi connectivity index (χ2v) is 7.77. The Labute approximate surface area is 166 Å². The molecule has 1 saturated heterocycles. The molecule has 4 nitrogen and oxygen atoms in total. The Morgan fingerprint density at radius 3 is 2.81 bits per heavy atom. The predicted molar refractivity (Wildman–Crippen MR) is 105 cm³/mol. The van der Waals surface area contributed by atoms with E-state index in [-0.39, 0.29) is 12.0 Å². The van der Waals surface area contributed by atoms with Gasteiger partial charge in [0.25, 0.3) is 5.91 Å². The van der Waals surface area contributed by atoms with Crippen LogP contribution >= 0.6 is 27.5 Å². The van der Waals surface area contributed by atoms with Crippen LogP contribution in [0.15, 0.2) is 46.9 Å². The molecule has 2 atom stereocenters. The van der Waals surface area contributed by atoms with Crippen molar-refractivity contribution in [2.24, 2.45) is 0 Å². The van der Waals surface area contributed by atoms with E-state index in [2.05, 4.69) is 15.9 Å². The number of halogens is 2. The van der Waals surface area contributed by atoms with Gasteiger partial charge in [-0.15, -0.1) is 0 Å². The van der Waals surface area contributed by atoms with E-state index >= 15 is 0 Å². The smallest absolute Gasteiger partial charge is 0.256 e. The lowest BCUT2D eigenvalue weighted by atomic mass is 10.0. The molecule has 1 amide bonds. The van der Waals surface area contributed by atoms with Crippen molar-refractivity contribution >= 4 is 33.4 Å². The number of rotatable bonds is 4. The summed E-state index contributed by atoms with van der Waals surface area (Å²) in [6.07, 6.45) is -0.583. The molecule has 0 bridgehead atoms. The number of carbonyl (C=O) groups is 1. The fourth-order valence-corrected chi connectivity index (χ4v) is 4.34. The van der Waals surface area contributed by atoms with Gasteiger partial charge in [-0.25, -0.2) is 0 Å². The van der Waals surface area contributed by atoms with Crippen LogP contribution in [0, 0.1) is 6.92 Å². The minimum atomic E-state index is -1.14. The molecule has 26 heavy (non-hydrogen) atoms. The maximum Gasteiger partial charge on any atom is 0.256 e. The molecule has 0 saturated carbocycles. The summed E-state index contributed by atoms with van der Waals surface area (Å²) >= 11 is 9.64. The number of aryl methyl sites for hydroxylation is 1. The number of aliphatic hydroxyl groups excluding tert-OH is 1. The molecule has 0 unspecified atom stereocenters. The van der Waals surface area contributed by atoms with E-state index in [1.54, 1.807) is 17.0 Å². The highest BCUT2D eigenvalue weighted by molar-refractivity contribution is 9.10. The molecular formula is C20H21BrClNO3. The third-order valence-electron chi connectivity index (χ3n) is 4.61. The van der Waals surface area contributed by atoms with Crippen LogP contribution in [0.4, 0.5) is 0 Å². The summed E-state index contributed by atoms with van der Waals surface area (Å²) in [4.78, 5) is 14.4. The Hall–Kier alpha value is -1.40. The first-order valence-electron chi connectivity index (χ1n) is 8.53. The van der Waals surface area contributed by atoms with Crippen molar-refractivity contribution in [2.75, 3.05) is 19.7 Å². The first-order chi connectivity index (χ1) is 12.5. The van der Waals surface area contributed by atoms with Crippen molar-refractivity contribution in [3.63, 3.8) is 0 Å². The van der Waals surface area contributed by atoms with E-state index in [1.807, 2.05) is 37.3 Å². The molecule has 3 rings (SSSR count). The normalized spacial score (nSPS) is 18.6. The van der Waals surface area contributed by atoms with Crippen LogP contribution in [0.25, 0.3) is 0 Å². The molecule has 1 fully saturated rings. The SMILES string of the molecule is Cc1cc(Cl)cc(Br)c1C[C@H]1CN(C(=O)[C@H](O)c2ccccc2)CCO1. The zero-order valence-electron chi connectivity index (χ0n) is 14.5. The van der Waals surface area contributed by atoms with Gasteiger partial charge in [-0.3, -0.25) is 4.79 Å². The second-order valence-electron chi connectivity index (χ2n) is 6.48. The van der Waals surface area contributed by atoms with Crippen LogP contribution in [0.2, 0.25) is 5.02 Å². The van der Waals surface area contributed by atoms with Gasteiger partial charge in [0.1, 0.15) is 0 Å². The van der Waals surface area contributed by atoms with Crippen molar-refractivity contribution in [3.05, 3.63) is 68.7 Å². The molecular weight excluding hydrogens is 418 g/mol. The number of aliphatic hydroxyl groups is 1. The number of ether oxygens (including phenoxy) is 1. The lowest BCUT2D eigenvalue weighted by Crippen LogP contribution is -2.48. The van der Waals surface area contributed by atoms with Crippen LogP contribution in [0.1, 0.15) is 22.8 Å². The van der Waals surface area contributed by atoms with Crippen LogP contribution < -0.4 is 0 Å². The molecule has 0 spiro atoms. The Balaban J connectivity index is 1.69. The lowest BCUT2D eigenvalue weighted by Gasteiger charge is -2.34. The fraction of sp³-hybridized carbons (Fsp3) is 0.350. The van der Waals surface area contributed by atoms with E-state index < -0.39 is 6.10 Å². The van der Waals surface area contributed by atoms with Gasteiger partial charge in [0.2, 0.25) is 0 Å². The highest BCUT2D eigenvalue weighted by Crippen LogP contribution is 2.28. The molecule has 1 heterocycles. The van der Waals surface area contributed by atoms with Crippen LogP contribution in [0.5, 0.6) is 0 Å². The molecule has 6 heteroatoms. The van der Waals surface area contributed by atoms with Gasteiger partial charge in [0, 0.05) is 29.0 Å². The number of hydrogen-bond donors (Lipinski definition) is 1. The van der Waals surface area contributed by atoms with Crippen molar-refractivity contribution in [2.45, 2.75) is 25.6 Å². The zero-order chi connectivity index (χ0) is 18.7. The third-order valence-corrected chi connectivity index (χ3v) is 5.54. The number of amides is 1. The standard InChI is InChI=1S/C20H21BrClNO3/c1-13-9-15(22)10-18(21)17(13)11-16-12-23(7-8-26-16)20(25)19(24)14-5-3-2-4-6-14/h2-6,9-10,16,19,24H,7-8,11-12H2,1H3/t16-,19+/m0/s1. The van der Waals surface area contributed by atoms with E-state index in [1.165, 1.54) is 0 Å². The van der Waals surface area contributed by atoms with E-state index in [4.69, 9.17) is 16.3 Å². The Kier molecular flexibility index (Phi) is 6.35. The maximum atomic E-state index is 12.7. The molecule has 2 aromatic carbocycles. The minimum Gasteiger partial charge on any atom is -0.378 e. The van der Waals surface area contributed by atoms with E-state index in [0.29, 0.717) is 36.7 Å². The minimum absolute atomic E-state index is 0.119. The molecule has 1 aliphatic heterocycles. The van der Waals surface area contributed by atoms with Gasteiger partial charge in [0.15, 0.2) is 6.10 Å². The largest absolute Gasteiger partial charge is 0.378 e. The van der Waals surface area contributed by atoms with Crippen molar-refractivity contribution in [1.29, 1.82) is 0 Å². The fourth-order valence-electron chi connectivity index (χ4n) is 3.21. The number of benzene rings is 2. The molecule has 0 aliphatic carbocycles. The number of carbonyl (C=O) groups excluding carboxylic acids is 1. The molecule has 2 aromatic rings. The predicted octanol–water partition coefficient (Wildman–Crippen LogP) is 3.91. The first-order valence-corrected chi connectivity index (χ1v) is 9.70. The van der Waals surface area contributed by atoms with Gasteiger partial charge in [0.05, 0.1) is 12.7 Å². The van der Waals surface area contributed by atoms with Crippen LogP contribution in [-0.4, -0.2) is 41.7 Å². The Bertz CT molecular complexity index is 761. The topological polar surface area (TPSA) is 49.8 Å². The maximum absolute atomic E-state index is 12.7. The first kappa shape index (κ1) is 19.4. The quantitative estimate of drug-likeness (QED) is 0.787. The Morgan fingerprint density at radius 2 is 2.12 bits per heavy atom. The zero-order valence-corrected chi connectivity index (χ0v) is 16.8.